The fourth-order valence-corrected chi connectivity index (χ4v) is 4.25. The molecule has 0 bridgehead atoms. The molecule has 1 amide bonds. The molecular weight excluding hydrogens is 436 g/mol. The number of phenols is 1. The number of anilines is 1. The molecule has 0 unspecified atom stereocenters. The molecule has 1 heterocycles. The van der Waals surface area contributed by atoms with Crippen molar-refractivity contribution in [2.24, 2.45) is 0 Å². The molecule has 0 atom stereocenters. The Morgan fingerprint density at radius 3 is 2.58 bits per heavy atom. The zero-order chi connectivity index (χ0) is 23.4. The minimum Gasteiger partial charge on any atom is -0.507 e. The first kappa shape index (κ1) is 22.4. The number of aryl methyl sites for hydroxylation is 2. The number of methoxy groups -OCH3 is 1. The topological polar surface area (TPSA) is 89.3 Å². The van der Waals surface area contributed by atoms with Crippen LogP contribution in [0.4, 0.5) is 5.69 Å². The van der Waals surface area contributed by atoms with Crippen LogP contribution in [0.25, 0.3) is 17.1 Å². The summed E-state index contributed by atoms with van der Waals surface area (Å²) < 4.78 is 7.34. The van der Waals surface area contributed by atoms with Crippen molar-refractivity contribution in [1.82, 2.24) is 14.8 Å². The van der Waals surface area contributed by atoms with Crippen LogP contribution < -0.4 is 10.1 Å². The number of aromatic nitrogens is 3. The summed E-state index contributed by atoms with van der Waals surface area (Å²) >= 11 is 1.26. The average molecular weight is 461 g/mol. The molecule has 0 aliphatic carbocycles. The van der Waals surface area contributed by atoms with Gasteiger partial charge in [0.2, 0.25) is 5.91 Å². The van der Waals surface area contributed by atoms with E-state index in [-0.39, 0.29) is 17.4 Å². The third-order valence-electron chi connectivity index (χ3n) is 5.09. The van der Waals surface area contributed by atoms with Crippen molar-refractivity contribution in [2.75, 3.05) is 18.2 Å². The molecule has 0 aliphatic rings. The minimum atomic E-state index is -0.148. The molecule has 1 aromatic heterocycles. The molecular formula is C25H24N4O3S. The van der Waals surface area contributed by atoms with E-state index in [1.165, 1.54) is 11.8 Å². The maximum atomic E-state index is 12.7. The SMILES string of the molecule is COc1ccccc1-n1c(SCC(=O)Nc2ccc(C)cc2C)nnc1-c1ccccc1O. The third-order valence-corrected chi connectivity index (χ3v) is 6.02. The van der Waals surface area contributed by atoms with Gasteiger partial charge in [0.05, 0.1) is 24.1 Å². The van der Waals surface area contributed by atoms with Gasteiger partial charge in [0, 0.05) is 5.69 Å². The van der Waals surface area contributed by atoms with E-state index < -0.39 is 0 Å². The summed E-state index contributed by atoms with van der Waals surface area (Å²) in [5, 5.41) is 22.5. The van der Waals surface area contributed by atoms with Crippen molar-refractivity contribution in [3.63, 3.8) is 0 Å². The fraction of sp³-hybridized carbons (Fsp3) is 0.160. The Morgan fingerprint density at radius 2 is 1.82 bits per heavy atom. The van der Waals surface area contributed by atoms with Crippen LogP contribution in [0.1, 0.15) is 11.1 Å². The number of thioether (sulfide) groups is 1. The van der Waals surface area contributed by atoms with E-state index in [1.54, 1.807) is 29.9 Å². The lowest BCUT2D eigenvalue weighted by molar-refractivity contribution is -0.113. The van der Waals surface area contributed by atoms with Crippen LogP contribution in [0.2, 0.25) is 0 Å². The van der Waals surface area contributed by atoms with Gasteiger partial charge in [-0.15, -0.1) is 10.2 Å². The van der Waals surface area contributed by atoms with E-state index in [9.17, 15) is 9.90 Å². The normalized spacial score (nSPS) is 10.8. The fourth-order valence-electron chi connectivity index (χ4n) is 3.50. The van der Waals surface area contributed by atoms with E-state index >= 15 is 0 Å². The van der Waals surface area contributed by atoms with Gasteiger partial charge >= 0.3 is 0 Å². The first-order valence-electron chi connectivity index (χ1n) is 10.3. The number of rotatable bonds is 7. The second kappa shape index (κ2) is 9.79. The number of para-hydroxylation sites is 3. The summed E-state index contributed by atoms with van der Waals surface area (Å²) in [5.41, 5.74) is 4.17. The van der Waals surface area contributed by atoms with E-state index in [4.69, 9.17) is 4.74 Å². The summed E-state index contributed by atoms with van der Waals surface area (Å²) in [4.78, 5) is 12.7. The van der Waals surface area contributed by atoms with Gasteiger partial charge in [-0.25, -0.2) is 0 Å². The molecule has 33 heavy (non-hydrogen) atoms. The van der Waals surface area contributed by atoms with Gasteiger partial charge in [-0.1, -0.05) is 53.7 Å². The molecule has 7 nitrogen and oxygen atoms in total. The smallest absolute Gasteiger partial charge is 0.234 e. The summed E-state index contributed by atoms with van der Waals surface area (Å²) in [7, 11) is 1.59. The van der Waals surface area contributed by atoms with Crippen molar-refractivity contribution in [1.29, 1.82) is 0 Å². The summed E-state index contributed by atoms with van der Waals surface area (Å²) in [6.45, 7) is 3.98. The number of nitrogens with zero attached hydrogens (tertiary/aromatic N) is 3. The Balaban J connectivity index is 1.66. The van der Waals surface area contributed by atoms with Crippen LogP contribution in [0, 0.1) is 13.8 Å². The van der Waals surface area contributed by atoms with Crippen LogP contribution in [0.15, 0.2) is 71.9 Å². The lowest BCUT2D eigenvalue weighted by Crippen LogP contribution is -2.15. The molecule has 2 N–H and O–H groups in total. The van der Waals surface area contributed by atoms with Crippen molar-refractivity contribution in [3.8, 4) is 28.6 Å². The average Bonchev–Trinajstić information content (AvgIpc) is 3.23. The molecule has 3 aromatic carbocycles. The molecule has 0 fully saturated rings. The maximum absolute atomic E-state index is 12.7. The van der Waals surface area contributed by atoms with Crippen molar-refractivity contribution in [2.45, 2.75) is 19.0 Å². The highest BCUT2D eigenvalue weighted by Crippen LogP contribution is 2.35. The van der Waals surface area contributed by atoms with E-state index in [0.717, 1.165) is 16.8 Å². The number of hydrogen-bond donors (Lipinski definition) is 2. The minimum absolute atomic E-state index is 0.0881. The van der Waals surface area contributed by atoms with Gasteiger partial charge in [0.1, 0.15) is 11.5 Å². The van der Waals surface area contributed by atoms with Crippen LogP contribution >= 0.6 is 11.8 Å². The Morgan fingerprint density at radius 1 is 1.06 bits per heavy atom. The van der Waals surface area contributed by atoms with Gasteiger partial charge in [-0.05, 0) is 49.7 Å². The van der Waals surface area contributed by atoms with E-state index in [2.05, 4.69) is 15.5 Å². The quantitative estimate of drug-likeness (QED) is 0.378. The van der Waals surface area contributed by atoms with Gasteiger partial charge in [0.15, 0.2) is 11.0 Å². The number of carbonyl (C=O) groups excluding carboxylic acids is 1. The monoisotopic (exact) mass is 460 g/mol. The highest BCUT2D eigenvalue weighted by atomic mass is 32.2. The molecule has 0 saturated heterocycles. The van der Waals surface area contributed by atoms with Crippen molar-refractivity contribution < 1.29 is 14.6 Å². The zero-order valence-electron chi connectivity index (χ0n) is 18.6. The zero-order valence-corrected chi connectivity index (χ0v) is 19.4. The Bertz CT molecular complexity index is 1300. The summed E-state index contributed by atoms with van der Waals surface area (Å²) in [5.74, 6) is 1.16. The van der Waals surface area contributed by atoms with Crippen LogP contribution in [0.3, 0.4) is 0 Å². The Kier molecular flexibility index (Phi) is 6.65. The van der Waals surface area contributed by atoms with Crippen molar-refractivity contribution in [3.05, 3.63) is 77.9 Å². The number of phenolic OH excluding ortho intramolecular Hbond substituents is 1. The number of carbonyl (C=O) groups is 1. The summed E-state index contributed by atoms with van der Waals surface area (Å²) in [6.07, 6.45) is 0. The predicted molar refractivity (Wildman–Crippen MR) is 130 cm³/mol. The maximum Gasteiger partial charge on any atom is 0.234 e. The first-order chi connectivity index (χ1) is 16.0. The second-order valence-electron chi connectivity index (χ2n) is 7.49. The Labute approximate surface area is 196 Å². The molecule has 0 spiro atoms. The number of benzene rings is 3. The molecule has 0 radical (unpaired) electrons. The van der Waals surface area contributed by atoms with Crippen LogP contribution in [-0.2, 0) is 4.79 Å². The lowest BCUT2D eigenvalue weighted by Gasteiger charge is -2.14. The third kappa shape index (κ3) is 4.85. The molecule has 8 heteroatoms. The lowest BCUT2D eigenvalue weighted by atomic mass is 10.1. The highest BCUT2D eigenvalue weighted by Gasteiger charge is 2.21. The molecule has 0 saturated carbocycles. The predicted octanol–water partition coefficient (Wildman–Crippen LogP) is 5.00. The number of amides is 1. The number of aromatic hydroxyl groups is 1. The second-order valence-corrected chi connectivity index (χ2v) is 8.43. The molecule has 4 aromatic rings. The van der Waals surface area contributed by atoms with Gasteiger partial charge in [-0.3, -0.25) is 9.36 Å². The van der Waals surface area contributed by atoms with E-state index in [1.807, 2.05) is 62.4 Å². The summed E-state index contributed by atoms with van der Waals surface area (Å²) in [6, 6.07) is 20.3. The first-order valence-corrected chi connectivity index (χ1v) is 11.3. The van der Waals surface area contributed by atoms with Crippen molar-refractivity contribution >= 4 is 23.4 Å². The van der Waals surface area contributed by atoms with Gasteiger partial charge < -0.3 is 15.2 Å². The van der Waals surface area contributed by atoms with Gasteiger partial charge in [-0.2, -0.15) is 0 Å². The number of nitrogens with one attached hydrogen (secondary N) is 1. The largest absolute Gasteiger partial charge is 0.507 e. The number of hydrogen-bond acceptors (Lipinski definition) is 6. The number of ether oxygens (including phenoxy) is 1. The van der Waals surface area contributed by atoms with Gasteiger partial charge in [0.25, 0.3) is 0 Å². The highest BCUT2D eigenvalue weighted by molar-refractivity contribution is 7.99. The molecule has 0 aliphatic heterocycles. The van der Waals surface area contributed by atoms with Crippen LogP contribution in [0.5, 0.6) is 11.5 Å². The standard InChI is InChI=1S/C25H24N4O3S/c1-16-12-13-19(17(2)14-16)26-23(31)15-33-25-28-27-24(18-8-4-6-10-21(18)30)29(25)20-9-5-7-11-22(20)32-3/h4-14,30H,15H2,1-3H3,(H,26,31). The molecule has 4 rings (SSSR count). The van der Waals surface area contributed by atoms with E-state index in [0.29, 0.717) is 28.0 Å². The van der Waals surface area contributed by atoms with Crippen LogP contribution in [-0.4, -0.2) is 38.6 Å². The Hall–Kier alpha value is -3.78. The molecule has 168 valence electrons.